The minimum Gasteiger partial charge on any atom is -0.390 e. The summed E-state index contributed by atoms with van der Waals surface area (Å²) in [5.41, 5.74) is 3.47. The first kappa shape index (κ1) is 20.0. The maximum Gasteiger partial charge on any atom is 0.0594 e. The minimum absolute atomic E-state index is 0.588. The monoisotopic (exact) mass is 367 g/mol. The number of hydrogen-bond donors (Lipinski definition) is 1. The Morgan fingerprint density at radius 2 is 1.37 bits per heavy atom. The van der Waals surface area contributed by atoms with E-state index in [-0.39, 0.29) is 0 Å². The molecule has 0 amide bonds. The molecule has 0 atom stereocenters. The summed E-state index contributed by atoms with van der Waals surface area (Å²) in [7, 11) is 0. The lowest BCUT2D eigenvalue weighted by Gasteiger charge is -2.34. The van der Waals surface area contributed by atoms with E-state index in [2.05, 4.69) is 51.2 Å². The number of hydrogen-bond acceptors (Lipinski definition) is 4. The van der Waals surface area contributed by atoms with Crippen molar-refractivity contribution in [2.75, 3.05) is 32.7 Å². The predicted octanol–water partition coefficient (Wildman–Crippen LogP) is 3.15. The fourth-order valence-electron chi connectivity index (χ4n) is 3.53. The van der Waals surface area contributed by atoms with Gasteiger partial charge in [-0.15, -0.1) is 0 Å². The third-order valence-corrected chi connectivity index (χ3v) is 5.39. The number of benzene rings is 1. The molecule has 1 aliphatic heterocycles. The highest BCUT2D eigenvalue weighted by Gasteiger charge is 2.17. The Balaban J connectivity index is 1.38. The Kier molecular flexibility index (Phi) is 7.00. The molecule has 1 aliphatic rings. The summed E-state index contributed by atoms with van der Waals surface area (Å²) in [6.07, 6.45) is 6.59. The lowest BCUT2D eigenvalue weighted by Crippen LogP contribution is -2.46. The number of aryl methyl sites for hydroxylation is 1. The van der Waals surface area contributed by atoms with E-state index in [1.165, 1.54) is 16.7 Å². The van der Waals surface area contributed by atoms with Crippen molar-refractivity contribution in [1.29, 1.82) is 0 Å². The van der Waals surface area contributed by atoms with Crippen molar-refractivity contribution in [1.82, 2.24) is 14.8 Å². The SMILES string of the molecule is CC(C)(O)CCc1ccc(CN2CCN(CCc3ccncc3)CC2)cc1. The van der Waals surface area contributed by atoms with Crippen LogP contribution >= 0.6 is 0 Å². The number of nitrogens with zero attached hydrogens (tertiary/aromatic N) is 3. The average Bonchev–Trinajstić information content (AvgIpc) is 2.67. The second kappa shape index (κ2) is 9.45. The van der Waals surface area contributed by atoms with Gasteiger partial charge < -0.3 is 10.0 Å². The Labute approximate surface area is 163 Å². The van der Waals surface area contributed by atoms with E-state index in [1.807, 2.05) is 26.2 Å². The maximum atomic E-state index is 9.86. The molecule has 1 aromatic heterocycles. The van der Waals surface area contributed by atoms with Crippen molar-refractivity contribution in [2.45, 2.75) is 45.3 Å². The molecule has 1 N–H and O–H groups in total. The highest BCUT2D eigenvalue weighted by atomic mass is 16.3. The lowest BCUT2D eigenvalue weighted by atomic mass is 9.98. The zero-order chi connectivity index (χ0) is 19.1. The summed E-state index contributed by atoms with van der Waals surface area (Å²) in [5, 5.41) is 9.86. The van der Waals surface area contributed by atoms with Gasteiger partial charge in [-0.25, -0.2) is 0 Å². The van der Waals surface area contributed by atoms with Crippen LogP contribution in [0.5, 0.6) is 0 Å². The van der Waals surface area contributed by atoms with E-state index in [9.17, 15) is 5.11 Å². The van der Waals surface area contributed by atoms with Crippen LogP contribution in [0.1, 0.15) is 37.0 Å². The molecule has 1 saturated heterocycles. The van der Waals surface area contributed by atoms with E-state index in [1.54, 1.807) is 0 Å². The van der Waals surface area contributed by atoms with Gasteiger partial charge in [0.2, 0.25) is 0 Å². The van der Waals surface area contributed by atoms with Crippen molar-refractivity contribution in [3.05, 3.63) is 65.5 Å². The number of aromatic nitrogens is 1. The van der Waals surface area contributed by atoms with Crippen LogP contribution in [-0.2, 0) is 19.4 Å². The zero-order valence-corrected chi connectivity index (χ0v) is 16.8. The maximum absolute atomic E-state index is 9.86. The van der Waals surface area contributed by atoms with Crippen molar-refractivity contribution in [3.8, 4) is 0 Å². The van der Waals surface area contributed by atoms with Gasteiger partial charge in [0.05, 0.1) is 5.60 Å². The van der Waals surface area contributed by atoms with Crippen LogP contribution in [-0.4, -0.2) is 58.2 Å². The number of aliphatic hydroxyl groups is 1. The van der Waals surface area contributed by atoms with Crippen molar-refractivity contribution in [2.24, 2.45) is 0 Å². The smallest absolute Gasteiger partial charge is 0.0594 e. The van der Waals surface area contributed by atoms with Crippen molar-refractivity contribution < 1.29 is 5.11 Å². The first-order valence-corrected chi connectivity index (χ1v) is 10.1. The fraction of sp³-hybridized carbons (Fsp3) is 0.522. The zero-order valence-electron chi connectivity index (χ0n) is 16.8. The van der Waals surface area contributed by atoms with Gasteiger partial charge in [0, 0.05) is 51.7 Å². The van der Waals surface area contributed by atoms with E-state index in [0.29, 0.717) is 0 Å². The van der Waals surface area contributed by atoms with Crippen LogP contribution < -0.4 is 0 Å². The Hall–Kier alpha value is -1.75. The highest BCUT2D eigenvalue weighted by Crippen LogP contribution is 2.15. The number of rotatable bonds is 8. The van der Waals surface area contributed by atoms with E-state index < -0.39 is 5.60 Å². The summed E-state index contributed by atoms with van der Waals surface area (Å²) < 4.78 is 0. The fourth-order valence-corrected chi connectivity index (χ4v) is 3.53. The van der Waals surface area contributed by atoms with Crippen molar-refractivity contribution >= 4 is 0 Å². The van der Waals surface area contributed by atoms with Crippen LogP contribution in [0.4, 0.5) is 0 Å². The first-order valence-electron chi connectivity index (χ1n) is 10.1. The molecule has 146 valence electrons. The Morgan fingerprint density at radius 3 is 2.00 bits per heavy atom. The molecule has 0 spiro atoms. The molecule has 4 heteroatoms. The van der Waals surface area contributed by atoms with Gasteiger partial charge in [0.25, 0.3) is 0 Å². The topological polar surface area (TPSA) is 39.6 Å². The summed E-state index contributed by atoms with van der Waals surface area (Å²) in [4.78, 5) is 9.20. The third kappa shape index (κ3) is 7.06. The summed E-state index contributed by atoms with van der Waals surface area (Å²) in [6, 6.07) is 13.1. The highest BCUT2D eigenvalue weighted by molar-refractivity contribution is 5.23. The summed E-state index contributed by atoms with van der Waals surface area (Å²) >= 11 is 0. The van der Waals surface area contributed by atoms with Crippen LogP contribution in [0.3, 0.4) is 0 Å². The molecule has 0 saturated carbocycles. The molecule has 0 bridgehead atoms. The second-order valence-corrected chi connectivity index (χ2v) is 8.35. The van der Waals surface area contributed by atoms with Crippen LogP contribution in [0.25, 0.3) is 0 Å². The normalized spacial score (nSPS) is 16.6. The van der Waals surface area contributed by atoms with E-state index in [4.69, 9.17) is 0 Å². The Morgan fingerprint density at radius 1 is 0.815 bits per heavy atom. The van der Waals surface area contributed by atoms with Gasteiger partial charge in [0.1, 0.15) is 0 Å². The lowest BCUT2D eigenvalue weighted by molar-refractivity contribution is 0.0714. The molecule has 27 heavy (non-hydrogen) atoms. The van der Waals surface area contributed by atoms with E-state index >= 15 is 0 Å². The van der Waals surface area contributed by atoms with Crippen LogP contribution in [0, 0.1) is 0 Å². The van der Waals surface area contributed by atoms with Gasteiger partial charge in [-0.2, -0.15) is 0 Å². The largest absolute Gasteiger partial charge is 0.390 e. The number of pyridine rings is 1. The van der Waals surface area contributed by atoms with Gasteiger partial charge in [-0.1, -0.05) is 24.3 Å². The molecule has 0 unspecified atom stereocenters. The molecule has 4 nitrogen and oxygen atoms in total. The molecular weight excluding hydrogens is 334 g/mol. The number of piperazine rings is 1. The van der Waals surface area contributed by atoms with Crippen LogP contribution in [0.2, 0.25) is 0 Å². The molecule has 0 radical (unpaired) electrons. The quantitative estimate of drug-likeness (QED) is 0.778. The molecule has 1 fully saturated rings. The molecule has 2 aromatic rings. The van der Waals surface area contributed by atoms with E-state index in [0.717, 1.165) is 58.5 Å². The van der Waals surface area contributed by atoms with Gasteiger partial charge in [-0.05, 0) is 61.9 Å². The van der Waals surface area contributed by atoms with Gasteiger partial charge >= 0.3 is 0 Å². The molecule has 3 rings (SSSR count). The van der Waals surface area contributed by atoms with Gasteiger partial charge in [-0.3, -0.25) is 9.88 Å². The second-order valence-electron chi connectivity index (χ2n) is 8.35. The standard InChI is InChI=1S/C23H33N3O/c1-23(2,27)11-7-20-3-5-22(6-4-20)19-26-17-15-25(16-18-26)14-10-21-8-12-24-13-9-21/h3-6,8-9,12-13,27H,7,10-11,14-19H2,1-2H3. The first-order chi connectivity index (χ1) is 13.0. The van der Waals surface area contributed by atoms with Crippen LogP contribution in [0.15, 0.2) is 48.8 Å². The minimum atomic E-state index is -0.588. The molecule has 0 aliphatic carbocycles. The molecule has 1 aromatic carbocycles. The third-order valence-electron chi connectivity index (χ3n) is 5.39. The average molecular weight is 368 g/mol. The Bertz CT molecular complexity index is 671. The molecule has 2 heterocycles. The van der Waals surface area contributed by atoms with Gasteiger partial charge in [0.15, 0.2) is 0 Å². The summed E-state index contributed by atoms with van der Waals surface area (Å²) in [6.45, 7) is 10.5. The summed E-state index contributed by atoms with van der Waals surface area (Å²) in [5.74, 6) is 0. The van der Waals surface area contributed by atoms with Crippen molar-refractivity contribution in [3.63, 3.8) is 0 Å². The molecular formula is C23H33N3O. The predicted molar refractivity (Wildman–Crippen MR) is 111 cm³/mol.